The Kier molecular flexibility index (Phi) is 23.3. The molecular weight excluding hydrogens is 1440 g/mol. The molecule has 14 aliphatic rings. The molecule has 1 aromatic carbocycles. The molecule has 0 atom stereocenters. The van der Waals surface area contributed by atoms with Crippen molar-refractivity contribution in [2.45, 2.75) is 329 Å². The van der Waals surface area contributed by atoms with Crippen molar-refractivity contribution < 1.29 is 18.8 Å². The van der Waals surface area contributed by atoms with Gasteiger partial charge in [0, 0.05) is 204 Å². The third-order valence-electron chi connectivity index (χ3n) is 31.7. The van der Waals surface area contributed by atoms with Crippen molar-refractivity contribution in [3.63, 3.8) is 0 Å². The minimum absolute atomic E-state index is 0.0493. The first-order valence-corrected chi connectivity index (χ1v) is 46.7. The average Bonchev–Trinajstić information content (AvgIpc) is 1.60. The van der Waals surface area contributed by atoms with Gasteiger partial charge >= 0.3 is 0 Å². The number of ketones is 3. The van der Waals surface area contributed by atoms with E-state index < -0.39 is 0 Å². The zero-order valence-corrected chi connectivity index (χ0v) is 69.1. The SMILES string of the molecule is O=C1CCC2(CCCCC2)n2c1cc1cnc(NC3CCC(N4CCN(C5CCCC5)CC4)CC3)nc12.O=C1CCC2(CCCCC2)n2c1cc1cnc(NC3CCC(N4CCN(CC5CCCCC5)CC4)CC3)nc12.O=C1CCC2(CCCCC2)n2c1cc1cnc(NC3CCC(N4CCN(c5ccc(F)cc5)CC4)CC3)nc12. The summed E-state index contributed by atoms with van der Waals surface area (Å²) >= 11 is 0. The van der Waals surface area contributed by atoms with E-state index in [-0.39, 0.29) is 39.8 Å². The highest BCUT2D eigenvalue weighted by Gasteiger charge is 2.46. The molecule has 8 saturated carbocycles. The van der Waals surface area contributed by atoms with E-state index >= 15 is 0 Å². The van der Waals surface area contributed by atoms with Crippen LogP contribution in [0.15, 0.2) is 61.1 Å². The van der Waals surface area contributed by atoms with E-state index in [1.165, 1.54) is 264 Å². The third kappa shape index (κ3) is 16.6. The number of halogens is 1. The number of Topliss-reactive ketones (excluding diaryl/α,β-unsaturated/α-hetero) is 3. The summed E-state index contributed by atoms with van der Waals surface area (Å²) in [5, 5.41) is 14.1. The van der Waals surface area contributed by atoms with E-state index in [0.29, 0.717) is 49.4 Å². The number of rotatable bonds is 13. The maximum Gasteiger partial charge on any atom is 0.224 e. The molecule has 3 spiro atoms. The summed E-state index contributed by atoms with van der Waals surface area (Å²) < 4.78 is 20.3. The lowest BCUT2D eigenvalue weighted by Crippen LogP contribution is -2.53. The highest BCUT2D eigenvalue weighted by Crippen LogP contribution is 2.49. The van der Waals surface area contributed by atoms with E-state index in [4.69, 9.17) is 24.9 Å². The molecule has 618 valence electrons. The largest absolute Gasteiger partial charge is 0.369 e. The number of hydrogen-bond acceptors (Lipinski definition) is 18. The molecule has 0 amide bonds. The molecule has 8 aliphatic carbocycles. The second-order valence-corrected chi connectivity index (χ2v) is 38.4. The van der Waals surface area contributed by atoms with E-state index in [0.717, 1.165) is 163 Å². The van der Waals surface area contributed by atoms with Crippen LogP contribution in [0.2, 0.25) is 0 Å². The summed E-state index contributed by atoms with van der Waals surface area (Å²) in [7, 11) is 0. The summed E-state index contributed by atoms with van der Waals surface area (Å²) in [6, 6.07) is 17.2. The van der Waals surface area contributed by atoms with Crippen LogP contribution in [0, 0.1) is 11.7 Å². The van der Waals surface area contributed by atoms with Crippen LogP contribution in [0.1, 0.15) is 301 Å². The lowest BCUT2D eigenvalue weighted by atomic mass is 9.75. The Labute approximate surface area is 681 Å². The minimum atomic E-state index is -0.177. The molecule has 7 aromatic rings. The van der Waals surface area contributed by atoms with E-state index in [2.05, 4.69) is 76.2 Å². The molecule has 0 unspecified atom stereocenters. The van der Waals surface area contributed by atoms with Gasteiger partial charge in [-0.3, -0.25) is 34.0 Å². The van der Waals surface area contributed by atoms with Crippen molar-refractivity contribution in [2.24, 2.45) is 5.92 Å². The maximum atomic E-state index is 13.3. The first kappa shape index (κ1) is 77.9. The fourth-order valence-corrected chi connectivity index (χ4v) is 25.1. The first-order chi connectivity index (χ1) is 56.4. The van der Waals surface area contributed by atoms with Gasteiger partial charge in [-0.05, 0) is 209 Å². The number of nitrogens with one attached hydrogen (secondary N) is 3. The van der Waals surface area contributed by atoms with Crippen LogP contribution < -0.4 is 20.9 Å². The molecule has 21 nitrogen and oxygen atoms in total. The fraction of sp³-hybridized carbons (Fsp3) is 0.710. The molecule has 11 fully saturated rings. The molecule has 3 N–H and O–H groups in total. The van der Waals surface area contributed by atoms with Crippen LogP contribution in [0.4, 0.5) is 27.9 Å². The summed E-state index contributed by atoms with van der Waals surface area (Å²) in [5.74, 6) is 3.75. The van der Waals surface area contributed by atoms with Crippen molar-refractivity contribution in [3.8, 4) is 0 Å². The number of anilines is 4. The number of piperazine rings is 3. The second-order valence-electron chi connectivity index (χ2n) is 38.4. The molecular formula is C93H131FN18O3. The van der Waals surface area contributed by atoms with Crippen LogP contribution in [0.25, 0.3) is 33.1 Å². The molecule has 21 rings (SSSR count). The number of benzene rings is 1. The van der Waals surface area contributed by atoms with Gasteiger partial charge in [-0.1, -0.05) is 89.9 Å². The highest BCUT2D eigenvalue weighted by atomic mass is 19.1. The Bertz CT molecular complexity index is 4490. The van der Waals surface area contributed by atoms with E-state index in [1.807, 2.05) is 36.8 Å². The van der Waals surface area contributed by atoms with Gasteiger partial charge in [-0.25, -0.2) is 19.3 Å². The van der Waals surface area contributed by atoms with Crippen LogP contribution in [-0.4, -0.2) is 213 Å². The topological polar surface area (TPSA) is 199 Å². The maximum absolute atomic E-state index is 13.3. The number of carbonyl (C=O) groups excluding carboxylic acids is 3. The van der Waals surface area contributed by atoms with Crippen molar-refractivity contribution >= 4 is 74.0 Å². The summed E-state index contributed by atoms with van der Waals surface area (Å²) in [6.45, 7) is 15.5. The Balaban J connectivity index is 0.000000115. The zero-order chi connectivity index (χ0) is 77.5. The van der Waals surface area contributed by atoms with Crippen molar-refractivity contribution in [1.29, 1.82) is 0 Å². The van der Waals surface area contributed by atoms with Gasteiger partial charge in [0.15, 0.2) is 17.3 Å². The van der Waals surface area contributed by atoms with Gasteiger partial charge in [-0.2, -0.15) is 15.0 Å². The van der Waals surface area contributed by atoms with Gasteiger partial charge in [0.25, 0.3) is 0 Å². The fourth-order valence-electron chi connectivity index (χ4n) is 25.1. The molecule has 0 radical (unpaired) electrons. The molecule has 115 heavy (non-hydrogen) atoms. The quantitative estimate of drug-likeness (QED) is 0.0984. The molecule has 12 heterocycles. The Hall–Kier alpha value is -6.98. The molecule has 22 heteroatoms. The first-order valence-electron chi connectivity index (χ1n) is 46.7. The Morgan fingerprint density at radius 3 is 1.02 bits per heavy atom. The number of nitrogens with zero attached hydrogens (tertiary/aromatic N) is 15. The molecule has 6 aliphatic heterocycles. The van der Waals surface area contributed by atoms with Crippen molar-refractivity contribution in [3.05, 3.63) is 84.0 Å². The normalized spacial score (nSPS) is 28.1. The standard InChI is InChI=1S/C32H48N6O.C31H39FN6O.C30H44N6O/c39-29-13-16-32(14-5-2-6-15-32)38-28(29)21-25-22-33-31(35-30(25)38)34-26-9-11-27(12-10-26)37-19-17-36(18-20-37)23-24-7-3-1-4-8-24;32-23-4-8-25(9-5-23)36-16-18-37(19-17-36)26-10-6-24(7-11-26)34-30-33-21-22-20-27-28(39)12-15-31(13-2-1-3-14-31)38(27)29(22)35-30;37-27-12-15-30(13-4-1-5-14-30)36-26(27)20-22-21-31-29(33-28(22)36)32-23-8-10-25(11-9-23)35-18-16-34(17-19-35)24-6-2-3-7-24/h21-22,24,26-27H,1-20,23H2,(H,33,34,35);4-5,8-9,20-21,24,26H,1-3,6-7,10-19H2,(H,33,34,35);20-21,23-25H,1-19H2,(H,31,32,33). The molecule has 6 aromatic heterocycles. The predicted molar refractivity (Wildman–Crippen MR) is 456 cm³/mol. The highest BCUT2D eigenvalue weighted by molar-refractivity contribution is 6.02. The van der Waals surface area contributed by atoms with Crippen molar-refractivity contribution in [2.75, 3.05) is 106 Å². The van der Waals surface area contributed by atoms with Gasteiger partial charge in [0.2, 0.25) is 17.8 Å². The van der Waals surface area contributed by atoms with Crippen molar-refractivity contribution in [1.82, 2.24) is 68.1 Å². The van der Waals surface area contributed by atoms with Gasteiger partial charge in [0.1, 0.15) is 22.8 Å². The number of carbonyl (C=O) groups is 3. The third-order valence-corrected chi connectivity index (χ3v) is 31.7. The minimum Gasteiger partial charge on any atom is -0.369 e. The van der Waals surface area contributed by atoms with Crippen LogP contribution in [0.3, 0.4) is 0 Å². The van der Waals surface area contributed by atoms with E-state index in [1.54, 1.807) is 12.1 Å². The van der Waals surface area contributed by atoms with Gasteiger partial charge in [-0.15, -0.1) is 0 Å². The summed E-state index contributed by atoms with van der Waals surface area (Å²) in [4.78, 5) is 83.8. The Morgan fingerprint density at radius 2 is 0.661 bits per heavy atom. The monoisotopic (exact) mass is 1570 g/mol. The smallest absolute Gasteiger partial charge is 0.224 e. The van der Waals surface area contributed by atoms with Gasteiger partial charge in [0.05, 0.1) is 17.1 Å². The Morgan fingerprint density at radius 1 is 0.348 bits per heavy atom. The lowest BCUT2D eigenvalue weighted by Gasteiger charge is -2.43. The van der Waals surface area contributed by atoms with Crippen LogP contribution in [0.5, 0.6) is 0 Å². The summed E-state index contributed by atoms with van der Waals surface area (Å²) in [5.41, 5.74) is 6.76. The summed E-state index contributed by atoms with van der Waals surface area (Å²) in [6.07, 6.45) is 56.4. The predicted octanol–water partition coefficient (Wildman–Crippen LogP) is 17.1. The second kappa shape index (κ2) is 34.4. The zero-order valence-electron chi connectivity index (χ0n) is 69.1. The number of hydrogen-bond donors (Lipinski definition) is 3. The van der Waals surface area contributed by atoms with E-state index in [9.17, 15) is 18.8 Å². The van der Waals surface area contributed by atoms with Crippen LogP contribution in [-0.2, 0) is 16.6 Å². The number of fused-ring (bicyclic) bond motifs is 12. The molecule has 3 saturated heterocycles. The number of aromatic nitrogens is 9. The van der Waals surface area contributed by atoms with Crippen LogP contribution >= 0.6 is 0 Å². The lowest BCUT2D eigenvalue weighted by molar-refractivity contribution is 0.0567. The van der Waals surface area contributed by atoms with Gasteiger partial charge < -0.3 is 39.5 Å². The average molecular weight is 1570 g/mol. The molecule has 0 bridgehead atoms.